The molecule has 5 rings (SSSR count). The minimum Gasteiger partial charge on any atom is -0.352 e. The monoisotopic (exact) mass is 403 g/mol. The van der Waals surface area contributed by atoms with Crippen molar-refractivity contribution in [2.24, 2.45) is 17.8 Å². The number of amides is 5. The van der Waals surface area contributed by atoms with Gasteiger partial charge in [-0.2, -0.15) is 0 Å². The smallest absolute Gasteiger partial charge is 0.335 e. The fourth-order valence-corrected chi connectivity index (χ4v) is 6.64. The topological polar surface area (TPSA) is 86.8 Å². The number of unbranched alkanes of at least 4 members (excludes halogenated alkanes) is 2. The van der Waals surface area contributed by atoms with E-state index >= 15 is 0 Å². The highest BCUT2D eigenvalue weighted by molar-refractivity contribution is 6.45. The van der Waals surface area contributed by atoms with Crippen LogP contribution >= 0.6 is 0 Å². The van der Waals surface area contributed by atoms with Gasteiger partial charge in [0.25, 0.3) is 0 Å². The van der Waals surface area contributed by atoms with Crippen LogP contribution in [0.15, 0.2) is 0 Å². The van der Waals surface area contributed by atoms with E-state index in [9.17, 15) is 19.2 Å². The first-order valence-corrected chi connectivity index (χ1v) is 11.3. The van der Waals surface area contributed by atoms with Crippen LogP contribution in [0.5, 0.6) is 0 Å². The van der Waals surface area contributed by atoms with Gasteiger partial charge in [-0.15, -0.1) is 0 Å². The summed E-state index contributed by atoms with van der Waals surface area (Å²) in [6.45, 7) is 3.68. The molecule has 0 aromatic carbocycles. The van der Waals surface area contributed by atoms with Crippen molar-refractivity contribution in [3.63, 3.8) is 0 Å². The number of urea groups is 1. The fourth-order valence-electron chi connectivity index (χ4n) is 6.64. The standard InChI is InChI=1S/C22H33N3O4/c1-3-4-5-6-14(2)23-18(26)13-24-19(27)20(28)25(21(24)29)22-10-15-7-16(11-22)9-17(8-15)12-22/h14-17H,3-13H2,1-2H3,(H,23,26)/t14-,15?,16?,17?,22?/m1/s1. The Morgan fingerprint density at radius 2 is 1.62 bits per heavy atom. The molecule has 4 bridgehead atoms. The number of imide groups is 2. The van der Waals surface area contributed by atoms with E-state index in [1.165, 1.54) is 24.2 Å². The second-order valence-electron chi connectivity index (χ2n) is 9.92. The van der Waals surface area contributed by atoms with Gasteiger partial charge in [0.1, 0.15) is 6.54 Å². The molecule has 5 amide bonds. The molecule has 1 atom stereocenters. The molecule has 1 saturated heterocycles. The van der Waals surface area contributed by atoms with Crippen LogP contribution in [0.25, 0.3) is 0 Å². The Hall–Kier alpha value is -1.92. The maximum absolute atomic E-state index is 13.1. The zero-order valence-electron chi connectivity index (χ0n) is 17.6. The lowest BCUT2D eigenvalue weighted by Gasteiger charge is -2.58. The van der Waals surface area contributed by atoms with Gasteiger partial charge in [-0.25, -0.2) is 14.6 Å². The molecule has 0 aromatic heterocycles. The van der Waals surface area contributed by atoms with Crippen LogP contribution in [-0.2, 0) is 14.4 Å². The van der Waals surface area contributed by atoms with E-state index in [2.05, 4.69) is 12.2 Å². The molecule has 1 heterocycles. The van der Waals surface area contributed by atoms with Gasteiger partial charge in [0.05, 0.1) is 5.54 Å². The summed E-state index contributed by atoms with van der Waals surface area (Å²) in [5.74, 6) is -0.300. The zero-order chi connectivity index (χ0) is 20.8. The third-order valence-corrected chi connectivity index (χ3v) is 7.48. The average Bonchev–Trinajstić information content (AvgIpc) is 2.84. The first-order chi connectivity index (χ1) is 13.8. The van der Waals surface area contributed by atoms with Gasteiger partial charge >= 0.3 is 17.8 Å². The molecule has 1 aliphatic heterocycles. The first kappa shape index (κ1) is 20.4. The predicted octanol–water partition coefficient (Wildman–Crippen LogP) is 2.83. The van der Waals surface area contributed by atoms with Crippen LogP contribution in [0.3, 0.4) is 0 Å². The highest BCUT2D eigenvalue weighted by Crippen LogP contribution is 2.58. The van der Waals surface area contributed by atoms with Gasteiger partial charge in [0.2, 0.25) is 5.91 Å². The Morgan fingerprint density at radius 3 is 2.17 bits per heavy atom. The summed E-state index contributed by atoms with van der Waals surface area (Å²) in [6.07, 6.45) is 10.1. The minimum atomic E-state index is -0.848. The summed E-state index contributed by atoms with van der Waals surface area (Å²) < 4.78 is 0. The third kappa shape index (κ3) is 3.68. The summed E-state index contributed by atoms with van der Waals surface area (Å²) >= 11 is 0. The highest BCUT2D eigenvalue weighted by Gasteiger charge is 2.61. The van der Waals surface area contributed by atoms with Gasteiger partial charge in [0, 0.05) is 6.04 Å². The summed E-state index contributed by atoms with van der Waals surface area (Å²) in [6, 6.07) is -0.604. The summed E-state index contributed by atoms with van der Waals surface area (Å²) in [7, 11) is 0. The van der Waals surface area contributed by atoms with Crippen molar-refractivity contribution in [1.29, 1.82) is 0 Å². The van der Waals surface area contributed by atoms with E-state index in [4.69, 9.17) is 0 Å². The predicted molar refractivity (Wildman–Crippen MR) is 107 cm³/mol. The van der Waals surface area contributed by atoms with E-state index in [0.29, 0.717) is 17.8 Å². The molecule has 0 unspecified atom stereocenters. The number of nitrogens with zero attached hydrogens (tertiary/aromatic N) is 2. The first-order valence-electron chi connectivity index (χ1n) is 11.3. The quantitative estimate of drug-likeness (QED) is 0.384. The van der Waals surface area contributed by atoms with Crippen LogP contribution < -0.4 is 5.32 Å². The molecule has 0 aromatic rings. The Balaban J connectivity index is 1.42. The Labute approximate surface area is 172 Å². The van der Waals surface area contributed by atoms with Gasteiger partial charge in [-0.05, 0) is 69.6 Å². The summed E-state index contributed by atoms with van der Waals surface area (Å²) in [4.78, 5) is 53.0. The Morgan fingerprint density at radius 1 is 1.03 bits per heavy atom. The molecule has 29 heavy (non-hydrogen) atoms. The molecule has 1 N–H and O–H groups in total. The van der Waals surface area contributed by atoms with Crippen LogP contribution in [0, 0.1) is 17.8 Å². The normalized spacial score (nSPS) is 34.3. The van der Waals surface area contributed by atoms with Crippen LogP contribution in [-0.4, -0.2) is 51.7 Å². The minimum absolute atomic E-state index is 0.0168. The van der Waals surface area contributed by atoms with Crippen LogP contribution in [0.1, 0.15) is 78.1 Å². The maximum atomic E-state index is 13.1. The Bertz CT molecular complexity index is 684. The lowest BCUT2D eigenvalue weighted by molar-refractivity contribution is -0.150. The van der Waals surface area contributed by atoms with Crippen LogP contribution in [0.4, 0.5) is 4.79 Å². The van der Waals surface area contributed by atoms with Crippen molar-refractivity contribution in [3.05, 3.63) is 0 Å². The highest BCUT2D eigenvalue weighted by atomic mass is 16.2. The molecule has 160 valence electrons. The molecule has 4 saturated carbocycles. The van der Waals surface area contributed by atoms with Crippen molar-refractivity contribution in [3.8, 4) is 0 Å². The van der Waals surface area contributed by atoms with Crippen molar-refractivity contribution < 1.29 is 19.2 Å². The van der Waals surface area contributed by atoms with Gasteiger partial charge in [-0.3, -0.25) is 14.4 Å². The van der Waals surface area contributed by atoms with Gasteiger partial charge < -0.3 is 5.32 Å². The third-order valence-electron chi connectivity index (χ3n) is 7.48. The lowest BCUT2D eigenvalue weighted by atomic mass is 9.52. The van der Waals surface area contributed by atoms with Crippen molar-refractivity contribution in [2.75, 3.05) is 6.54 Å². The zero-order valence-corrected chi connectivity index (χ0v) is 17.6. The van der Waals surface area contributed by atoms with Gasteiger partial charge in [-0.1, -0.05) is 26.2 Å². The molecule has 0 spiro atoms. The molecule has 5 aliphatic rings. The van der Waals surface area contributed by atoms with Crippen molar-refractivity contribution >= 4 is 23.8 Å². The number of hydrogen-bond donors (Lipinski definition) is 1. The van der Waals surface area contributed by atoms with Crippen LogP contribution in [0.2, 0.25) is 0 Å². The number of carbonyl (C=O) groups is 4. The molecular formula is C22H33N3O4. The average molecular weight is 404 g/mol. The Kier molecular flexibility index (Phi) is 5.42. The van der Waals surface area contributed by atoms with E-state index in [-0.39, 0.29) is 18.5 Å². The molecule has 0 radical (unpaired) electrons. The van der Waals surface area contributed by atoms with E-state index in [1.807, 2.05) is 6.92 Å². The fraction of sp³-hybridized carbons (Fsp3) is 0.818. The molecular weight excluding hydrogens is 370 g/mol. The van der Waals surface area contributed by atoms with E-state index < -0.39 is 23.4 Å². The van der Waals surface area contributed by atoms with E-state index in [1.54, 1.807) is 0 Å². The van der Waals surface area contributed by atoms with E-state index in [0.717, 1.165) is 49.8 Å². The van der Waals surface area contributed by atoms with Crippen molar-refractivity contribution in [1.82, 2.24) is 15.1 Å². The molecule has 5 fully saturated rings. The maximum Gasteiger partial charge on any atom is 0.335 e. The largest absolute Gasteiger partial charge is 0.352 e. The molecule has 7 nitrogen and oxygen atoms in total. The number of rotatable bonds is 8. The summed E-state index contributed by atoms with van der Waals surface area (Å²) in [5, 5.41) is 2.86. The van der Waals surface area contributed by atoms with Gasteiger partial charge in [0.15, 0.2) is 0 Å². The molecule has 7 heteroatoms. The second-order valence-corrected chi connectivity index (χ2v) is 9.92. The lowest BCUT2D eigenvalue weighted by Crippen LogP contribution is -2.62. The summed E-state index contributed by atoms with van der Waals surface area (Å²) in [5.41, 5.74) is -0.503. The van der Waals surface area contributed by atoms with Crippen molar-refractivity contribution in [2.45, 2.75) is 89.6 Å². The number of hydrogen-bond acceptors (Lipinski definition) is 4. The number of nitrogens with one attached hydrogen (secondary N) is 1. The SMILES string of the molecule is CCCCC[C@@H](C)NC(=O)CN1C(=O)C(=O)N(C23CC4CC(CC(C4)C2)C3)C1=O. The number of carbonyl (C=O) groups excluding carboxylic acids is 4. The second kappa shape index (κ2) is 7.73. The molecule has 4 aliphatic carbocycles.